The predicted octanol–water partition coefficient (Wildman–Crippen LogP) is 0.577. The minimum Gasteiger partial charge on any atom is -0.318 e. The number of benzene rings is 1. The highest BCUT2D eigenvalue weighted by Crippen LogP contribution is 2.27. The molecule has 6 heteroatoms. The van der Waals surface area contributed by atoms with Crippen LogP contribution in [0.5, 0.6) is 0 Å². The van der Waals surface area contributed by atoms with Crippen molar-refractivity contribution >= 4 is 17.3 Å². The molecule has 1 aromatic rings. The largest absolute Gasteiger partial charge is 0.318 e. The van der Waals surface area contributed by atoms with Crippen molar-refractivity contribution in [3.8, 4) is 0 Å². The molecule has 1 unspecified atom stereocenters. The predicted molar refractivity (Wildman–Crippen MR) is 58.2 cm³/mol. The maximum atomic E-state index is 11.4. The van der Waals surface area contributed by atoms with Crippen LogP contribution in [0.15, 0.2) is 18.2 Å². The van der Waals surface area contributed by atoms with Gasteiger partial charge in [0, 0.05) is 17.3 Å². The van der Waals surface area contributed by atoms with Crippen LogP contribution in [0.4, 0.5) is 11.4 Å². The van der Waals surface area contributed by atoms with Gasteiger partial charge < -0.3 is 10.6 Å². The van der Waals surface area contributed by atoms with Crippen molar-refractivity contribution in [3.63, 3.8) is 0 Å². The number of carbonyl (C=O) groups excluding carboxylic acids is 1. The number of hydrogen-bond acceptors (Lipinski definition) is 4. The molecule has 0 saturated carbocycles. The number of nitrogens with zero attached hydrogens (tertiary/aromatic N) is 2. The summed E-state index contributed by atoms with van der Waals surface area (Å²) in [6.45, 7) is 2.11. The van der Waals surface area contributed by atoms with Gasteiger partial charge in [-0.05, 0) is 19.1 Å². The van der Waals surface area contributed by atoms with Crippen LogP contribution in [0.3, 0.4) is 0 Å². The highest BCUT2D eigenvalue weighted by Gasteiger charge is 2.34. The Kier molecular flexibility index (Phi) is 2.35. The fourth-order valence-electron chi connectivity index (χ4n) is 1.70. The van der Waals surface area contributed by atoms with Crippen molar-refractivity contribution in [2.45, 2.75) is 13.0 Å². The van der Waals surface area contributed by atoms with Gasteiger partial charge in [0.1, 0.15) is 6.04 Å². The Balaban J connectivity index is 2.29. The molecule has 1 aliphatic heterocycles. The molecule has 1 heterocycles. The van der Waals surface area contributed by atoms with E-state index >= 15 is 0 Å². The van der Waals surface area contributed by atoms with E-state index in [0.29, 0.717) is 17.8 Å². The Morgan fingerprint density at radius 1 is 1.56 bits per heavy atom. The van der Waals surface area contributed by atoms with Gasteiger partial charge in [-0.3, -0.25) is 14.9 Å². The fourth-order valence-corrected chi connectivity index (χ4v) is 1.70. The summed E-state index contributed by atoms with van der Waals surface area (Å²) >= 11 is 0. The molecule has 1 aromatic carbocycles. The lowest BCUT2D eigenvalue weighted by Crippen LogP contribution is -2.61. The number of β-lactam (4-membered cyclic amide) rings is 1. The van der Waals surface area contributed by atoms with Gasteiger partial charge in [0.25, 0.3) is 5.69 Å². The van der Waals surface area contributed by atoms with E-state index in [2.05, 4.69) is 0 Å². The van der Waals surface area contributed by atoms with Crippen LogP contribution in [0, 0.1) is 17.0 Å². The first kappa shape index (κ1) is 10.6. The van der Waals surface area contributed by atoms with Crippen LogP contribution < -0.4 is 10.6 Å². The van der Waals surface area contributed by atoms with E-state index < -0.39 is 11.0 Å². The second kappa shape index (κ2) is 3.57. The van der Waals surface area contributed by atoms with Crippen LogP contribution in [0.1, 0.15) is 5.56 Å². The molecular formula is C10H11N3O3. The number of nitro benzene ring substituents is 1. The summed E-state index contributed by atoms with van der Waals surface area (Å²) in [5, 5.41) is 10.6. The minimum absolute atomic E-state index is 0.0565. The zero-order chi connectivity index (χ0) is 11.9. The molecule has 1 amide bonds. The third-order valence-corrected chi connectivity index (χ3v) is 2.65. The molecule has 1 atom stereocenters. The Morgan fingerprint density at radius 3 is 2.69 bits per heavy atom. The number of hydrogen-bond donors (Lipinski definition) is 1. The highest BCUT2D eigenvalue weighted by molar-refractivity contribution is 6.03. The van der Waals surface area contributed by atoms with Crippen LogP contribution in [0.2, 0.25) is 0 Å². The Labute approximate surface area is 91.8 Å². The first-order valence-electron chi connectivity index (χ1n) is 4.82. The summed E-state index contributed by atoms with van der Waals surface area (Å²) in [7, 11) is 0. The SMILES string of the molecule is Cc1cc(N2CC(N)C2=O)ccc1[N+](=O)[O-]. The molecule has 0 bridgehead atoms. The first-order chi connectivity index (χ1) is 7.50. The van der Waals surface area contributed by atoms with Crippen LogP contribution in [0.25, 0.3) is 0 Å². The molecule has 84 valence electrons. The maximum absolute atomic E-state index is 11.4. The van der Waals surface area contributed by atoms with Crippen molar-refractivity contribution < 1.29 is 9.72 Å². The van der Waals surface area contributed by atoms with Crippen LogP contribution in [-0.4, -0.2) is 23.4 Å². The molecule has 6 nitrogen and oxygen atoms in total. The van der Waals surface area contributed by atoms with Gasteiger partial charge in [-0.15, -0.1) is 0 Å². The lowest BCUT2D eigenvalue weighted by atomic mass is 10.1. The third kappa shape index (κ3) is 1.53. The van der Waals surface area contributed by atoms with E-state index in [-0.39, 0.29) is 11.6 Å². The lowest BCUT2D eigenvalue weighted by Gasteiger charge is -2.36. The van der Waals surface area contributed by atoms with Crippen molar-refractivity contribution in [1.82, 2.24) is 0 Å². The highest BCUT2D eigenvalue weighted by atomic mass is 16.6. The number of nitrogens with two attached hydrogens (primary N) is 1. The van der Waals surface area contributed by atoms with Crippen molar-refractivity contribution in [3.05, 3.63) is 33.9 Å². The molecule has 0 radical (unpaired) electrons. The summed E-state index contributed by atoms with van der Waals surface area (Å²) in [6, 6.07) is 4.16. The van der Waals surface area contributed by atoms with Gasteiger partial charge in [-0.2, -0.15) is 0 Å². The van der Waals surface area contributed by atoms with E-state index in [1.54, 1.807) is 19.1 Å². The Hall–Kier alpha value is -1.95. The molecule has 2 N–H and O–H groups in total. The summed E-state index contributed by atoms with van der Waals surface area (Å²) in [4.78, 5) is 23.0. The topological polar surface area (TPSA) is 89.5 Å². The number of nitro groups is 1. The second-order valence-corrected chi connectivity index (χ2v) is 3.78. The van der Waals surface area contributed by atoms with Gasteiger partial charge in [-0.1, -0.05) is 0 Å². The van der Waals surface area contributed by atoms with Gasteiger partial charge in [0.2, 0.25) is 5.91 Å². The minimum atomic E-state index is -0.442. The number of amides is 1. The molecule has 0 aliphatic carbocycles. The molecular weight excluding hydrogens is 210 g/mol. The number of carbonyl (C=O) groups is 1. The molecule has 0 spiro atoms. The standard InChI is InChI=1S/C10H11N3O3/c1-6-4-7(2-3-9(6)13(15)16)12-5-8(11)10(12)14/h2-4,8H,5,11H2,1H3. The summed E-state index contributed by atoms with van der Waals surface area (Å²) in [6.07, 6.45) is 0. The van der Waals surface area contributed by atoms with E-state index in [0.717, 1.165) is 0 Å². The van der Waals surface area contributed by atoms with Gasteiger partial charge in [0.05, 0.1) is 11.5 Å². The average molecular weight is 221 g/mol. The van der Waals surface area contributed by atoms with Crippen molar-refractivity contribution in [2.24, 2.45) is 5.73 Å². The Morgan fingerprint density at radius 2 is 2.25 bits per heavy atom. The van der Waals surface area contributed by atoms with E-state index in [1.165, 1.54) is 11.0 Å². The summed E-state index contributed by atoms with van der Waals surface area (Å²) in [5.74, 6) is -0.145. The second-order valence-electron chi connectivity index (χ2n) is 3.78. The first-order valence-corrected chi connectivity index (χ1v) is 4.82. The van der Waals surface area contributed by atoms with E-state index in [9.17, 15) is 14.9 Å². The normalized spacial score (nSPS) is 19.5. The fraction of sp³-hybridized carbons (Fsp3) is 0.300. The lowest BCUT2D eigenvalue weighted by molar-refractivity contribution is -0.385. The quantitative estimate of drug-likeness (QED) is 0.449. The van der Waals surface area contributed by atoms with Crippen LogP contribution >= 0.6 is 0 Å². The molecule has 16 heavy (non-hydrogen) atoms. The Bertz CT molecular complexity index is 472. The maximum Gasteiger partial charge on any atom is 0.272 e. The van der Waals surface area contributed by atoms with Gasteiger partial charge in [-0.25, -0.2) is 0 Å². The van der Waals surface area contributed by atoms with Crippen LogP contribution in [-0.2, 0) is 4.79 Å². The summed E-state index contributed by atoms with van der Waals surface area (Å²) in [5.41, 5.74) is 6.72. The number of rotatable bonds is 2. The monoisotopic (exact) mass is 221 g/mol. The van der Waals surface area contributed by atoms with Crippen molar-refractivity contribution in [1.29, 1.82) is 0 Å². The third-order valence-electron chi connectivity index (χ3n) is 2.65. The molecule has 1 fully saturated rings. The molecule has 0 aromatic heterocycles. The van der Waals surface area contributed by atoms with Gasteiger partial charge in [0.15, 0.2) is 0 Å². The van der Waals surface area contributed by atoms with E-state index in [1.807, 2.05) is 0 Å². The smallest absolute Gasteiger partial charge is 0.272 e. The number of aryl methyl sites for hydroxylation is 1. The number of anilines is 1. The molecule has 1 saturated heterocycles. The molecule has 2 rings (SSSR count). The van der Waals surface area contributed by atoms with Gasteiger partial charge >= 0.3 is 0 Å². The summed E-state index contributed by atoms with van der Waals surface area (Å²) < 4.78 is 0. The van der Waals surface area contributed by atoms with E-state index in [4.69, 9.17) is 5.73 Å². The zero-order valence-electron chi connectivity index (χ0n) is 8.71. The molecule has 1 aliphatic rings. The zero-order valence-corrected chi connectivity index (χ0v) is 8.71. The van der Waals surface area contributed by atoms with Crippen molar-refractivity contribution in [2.75, 3.05) is 11.4 Å². The average Bonchev–Trinajstić information content (AvgIpc) is 2.24.